The standard InChI is InChI=1S/C11H17ClN2S/c1-15-8-3-2-7-14-11-9(12)5-4-6-10(11)13/h4-6,14H,2-3,7-8,13H2,1H3. The van der Waals surface area contributed by atoms with E-state index in [0.717, 1.165) is 18.7 Å². The lowest BCUT2D eigenvalue weighted by atomic mass is 10.2. The summed E-state index contributed by atoms with van der Waals surface area (Å²) < 4.78 is 0. The van der Waals surface area contributed by atoms with Crippen molar-refractivity contribution < 1.29 is 0 Å². The molecule has 0 aromatic heterocycles. The summed E-state index contributed by atoms with van der Waals surface area (Å²) in [5, 5.41) is 3.97. The summed E-state index contributed by atoms with van der Waals surface area (Å²) >= 11 is 7.90. The van der Waals surface area contributed by atoms with Crippen molar-refractivity contribution in [1.82, 2.24) is 0 Å². The molecule has 4 heteroatoms. The number of hydrogen-bond acceptors (Lipinski definition) is 3. The van der Waals surface area contributed by atoms with Crippen molar-refractivity contribution in [2.75, 3.05) is 29.6 Å². The number of halogens is 1. The lowest BCUT2D eigenvalue weighted by Gasteiger charge is -2.10. The molecule has 0 saturated heterocycles. The normalized spacial score (nSPS) is 10.3. The lowest BCUT2D eigenvalue weighted by molar-refractivity contribution is 0.843. The largest absolute Gasteiger partial charge is 0.397 e. The Kier molecular flexibility index (Phi) is 5.73. The van der Waals surface area contributed by atoms with E-state index >= 15 is 0 Å². The molecule has 0 bridgehead atoms. The maximum Gasteiger partial charge on any atom is 0.0763 e. The van der Waals surface area contributed by atoms with Gasteiger partial charge in [-0.15, -0.1) is 0 Å². The average Bonchev–Trinajstić information content (AvgIpc) is 2.21. The summed E-state index contributed by atoms with van der Waals surface area (Å²) in [6, 6.07) is 5.56. The van der Waals surface area contributed by atoms with Crippen LogP contribution in [-0.4, -0.2) is 18.6 Å². The summed E-state index contributed by atoms with van der Waals surface area (Å²) in [5.41, 5.74) is 7.39. The predicted molar refractivity (Wildman–Crippen MR) is 72.0 cm³/mol. The van der Waals surface area contributed by atoms with Gasteiger partial charge in [0.25, 0.3) is 0 Å². The highest BCUT2D eigenvalue weighted by Gasteiger charge is 2.02. The molecule has 1 aromatic carbocycles. The second-order valence-electron chi connectivity index (χ2n) is 3.33. The molecule has 1 rings (SSSR count). The number of rotatable bonds is 6. The van der Waals surface area contributed by atoms with Crippen molar-refractivity contribution in [2.24, 2.45) is 0 Å². The first-order chi connectivity index (χ1) is 7.25. The molecule has 0 spiro atoms. The van der Waals surface area contributed by atoms with Crippen molar-refractivity contribution in [3.63, 3.8) is 0 Å². The van der Waals surface area contributed by atoms with E-state index in [-0.39, 0.29) is 0 Å². The second kappa shape index (κ2) is 6.85. The van der Waals surface area contributed by atoms with Crippen LogP contribution in [0.2, 0.25) is 5.02 Å². The number of thioether (sulfide) groups is 1. The van der Waals surface area contributed by atoms with Crippen molar-refractivity contribution in [1.29, 1.82) is 0 Å². The van der Waals surface area contributed by atoms with E-state index in [2.05, 4.69) is 11.6 Å². The summed E-state index contributed by atoms with van der Waals surface area (Å²) in [4.78, 5) is 0. The first-order valence-electron chi connectivity index (χ1n) is 5.02. The van der Waals surface area contributed by atoms with Gasteiger partial charge in [-0.25, -0.2) is 0 Å². The van der Waals surface area contributed by atoms with Gasteiger partial charge in [-0.2, -0.15) is 11.8 Å². The molecule has 0 saturated carbocycles. The summed E-state index contributed by atoms with van der Waals surface area (Å²) in [6.45, 7) is 0.925. The molecule has 0 unspecified atom stereocenters. The molecule has 2 nitrogen and oxygen atoms in total. The summed E-state index contributed by atoms with van der Waals surface area (Å²) in [6.07, 6.45) is 4.49. The number of nitrogens with two attached hydrogens (primary N) is 1. The number of benzene rings is 1. The number of nitrogen functional groups attached to an aromatic ring is 1. The average molecular weight is 245 g/mol. The zero-order valence-corrected chi connectivity index (χ0v) is 10.5. The summed E-state index contributed by atoms with van der Waals surface area (Å²) in [5.74, 6) is 1.21. The zero-order valence-electron chi connectivity index (χ0n) is 8.92. The molecule has 15 heavy (non-hydrogen) atoms. The van der Waals surface area contributed by atoms with Crippen molar-refractivity contribution in [2.45, 2.75) is 12.8 Å². The van der Waals surface area contributed by atoms with E-state index in [1.54, 1.807) is 0 Å². The van der Waals surface area contributed by atoms with E-state index in [4.69, 9.17) is 17.3 Å². The highest BCUT2D eigenvalue weighted by atomic mass is 35.5. The number of anilines is 2. The van der Waals surface area contributed by atoms with Crippen molar-refractivity contribution in [3.05, 3.63) is 23.2 Å². The zero-order chi connectivity index (χ0) is 11.1. The fraction of sp³-hybridized carbons (Fsp3) is 0.455. The van der Waals surface area contributed by atoms with Crippen LogP contribution in [0.5, 0.6) is 0 Å². The van der Waals surface area contributed by atoms with Gasteiger partial charge < -0.3 is 11.1 Å². The minimum Gasteiger partial charge on any atom is -0.397 e. The van der Waals surface area contributed by atoms with Crippen LogP contribution >= 0.6 is 23.4 Å². The number of para-hydroxylation sites is 1. The molecule has 0 radical (unpaired) electrons. The predicted octanol–water partition coefficient (Wildman–Crippen LogP) is 3.48. The highest BCUT2D eigenvalue weighted by molar-refractivity contribution is 7.98. The molecule has 0 amide bonds. The Hall–Kier alpha value is -0.540. The van der Waals surface area contributed by atoms with Gasteiger partial charge in [-0.3, -0.25) is 0 Å². The van der Waals surface area contributed by atoms with E-state index in [1.165, 1.54) is 12.2 Å². The maximum absolute atomic E-state index is 6.02. The number of unbranched alkanes of at least 4 members (excludes halogenated alkanes) is 1. The Labute approximate surface area is 101 Å². The third-order valence-electron chi connectivity index (χ3n) is 2.12. The van der Waals surface area contributed by atoms with Crippen LogP contribution in [0, 0.1) is 0 Å². The molecule has 0 aliphatic rings. The third-order valence-corrected chi connectivity index (χ3v) is 3.13. The molecule has 0 heterocycles. The van der Waals surface area contributed by atoms with E-state index in [1.807, 2.05) is 30.0 Å². The smallest absolute Gasteiger partial charge is 0.0763 e. The molecule has 0 aliphatic heterocycles. The molecule has 3 N–H and O–H groups in total. The lowest BCUT2D eigenvalue weighted by Crippen LogP contribution is -2.05. The highest BCUT2D eigenvalue weighted by Crippen LogP contribution is 2.27. The molecule has 1 aromatic rings. The molecule has 0 atom stereocenters. The van der Waals surface area contributed by atoms with Gasteiger partial charge in [0.1, 0.15) is 0 Å². The van der Waals surface area contributed by atoms with Gasteiger partial charge in [0, 0.05) is 6.54 Å². The van der Waals surface area contributed by atoms with Gasteiger partial charge in [0.15, 0.2) is 0 Å². The topological polar surface area (TPSA) is 38.0 Å². The third kappa shape index (κ3) is 4.22. The fourth-order valence-electron chi connectivity index (χ4n) is 1.31. The molecule has 84 valence electrons. The van der Waals surface area contributed by atoms with Gasteiger partial charge >= 0.3 is 0 Å². The fourth-order valence-corrected chi connectivity index (χ4v) is 2.05. The first-order valence-corrected chi connectivity index (χ1v) is 6.79. The maximum atomic E-state index is 6.02. The van der Waals surface area contributed by atoms with E-state index in [0.29, 0.717) is 10.7 Å². The minimum absolute atomic E-state index is 0.694. The number of nitrogens with one attached hydrogen (secondary N) is 1. The van der Waals surface area contributed by atoms with Crippen LogP contribution < -0.4 is 11.1 Å². The minimum atomic E-state index is 0.694. The number of hydrogen-bond donors (Lipinski definition) is 2. The molecular weight excluding hydrogens is 228 g/mol. The molecule has 0 fully saturated rings. The second-order valence-corrected chi connectivity index (χ2v) is 4.72. The van der Waals surface area contributed by atoms with Crippen molar-refractivity contribution in [3.8, 4) is 0 Å². The Bertz CT molecular complexity index is 284. The van der Waals surface area contributed by atoms with Crippen LogP contribution in [-0.2, 0) is 0 Å². The van der Waals surface area contributed by atoms with Crippen LogP contribution in [0.3, 0.4) is 0 Å². The Morgan fingerprint density at radius 1 is 1.40 bits per heavy atom. The van der Waals surface area contributed by atoms with Gasteiger partial charge in [-0.05, 0) is 37.0 Å². The Balaban J connectivity index is 2.37. The monoisotopic (exact) mass is 244 g/mol. The Morgan fingerprint density at radius 2 is 2.20 bits per heavy atom. The van der Waals surface area contributed by atoms with Crippen LogP contribution in [0.1, 0.15) is 12.8 Å². The van der Waals surface area contributed by atoms with Crippen LogP contribution in [0.25, 0.3) is 0 Å². The SMILES string of the molecule is CSCCCCNc1c(N)cccc1Cl. The quantitative estimate of drug-likeness (QED) is 0.595. The Morgan fingerprint density at radius 3 is 2.87 bits per heavy atom. The van der Waals surface area contributed by atoms with E-state index in [9.17, 15) is 0 Å². The van der Waals surface area contributed by atoms with Gasteiger partial charge in [0.05, 0.1) is 16.4 Å². The van der Waals surface area contributed by atoms with Crippen LogP contribution in [0.4, 0.5) is 11.4 Å². The van der Waals surface area contributed by atoms with Crippen molar-refractivity contribution >= 4 is 34.7 Å². The summed E-state index contributed by atoms with van der Waals surface area (Å²) in [7, 11) is 0. The van der Waals surface area contributed by atoms with E-state index < -0.39 is 0 Å². The van der Waals surface area contributed by atoms with Crippen LogP contribution in [0.15, 0.2) is 18.2 Å². The first kappa shape index (κ1) is 12.5. The molecular formula is C11H17ClN2S. The van der Waals surface area contributed by atoms with Gasteiger partial charge in [0.2, 0.25) is 0 Å². The van der Waals surface area contributed by atoms with Gasteiger partial charge in [-0.1, -0.05) is 17.7 Å². The molecule has 0 aliphatic carbocycles.